The van der Waals surface area contributed by atoms with Gasteiger partial charge in [0.1, 0.15) is 23.9 Å². The standard InChI is InChI=1S/C25H30N4O3Si/c1-31-22-8-6-5-7-18(22)21-15-29(16-32-11-12-33(2,3)4)24-19(21)9-10-23(27-24)28-25(30)20-13-17(20)14-26/h5-10,15,17,20H,11-13,16H2,1-4H3,(H,27,28,30)/t17-,20-/m1/s1. The first kappa shape index (κ1) is 23.0. The summed E-state index contributed by atoms with van der Waals surface area (Å²) < 4.78 is 13.6. The van der Waals surface area contributed by atoms with Crippen molar-refractivity contribution in [1.29, 1.82) is 5.26 Å². The number of rotatable bonds is 9. The van der Waals surface area contributed by atoms with Gasteiger partial charge in [0.05, 0.1) is 25.0 Å². The van der Waals surface area contributed by atoms with E-state index < -0.39 is 8.07 Å². The number of benzene rings is 1. The zero-order valence-electron chi connectivity index (χ0n) is 19.6. The van der Waals surface area contributed by atoms with E-state index in [1.807, 2.05) is 41.1 Å². The molecule has 7 nitrogen and oxygen atoms in total. The molecule has 0 bridgehead atoms. The number of carbonyl (C=O) groups is 1. The van der Waals surface area contributed by atoms with Gasteiger partial charge >= 0.3 is 0 Å². The van der Waals surface area contributed by atoms with Crippen LogP contribution in [0.2, 0.25) is 25.7 Å². The van der Waals surface area contributed by atoms with Gasteiger partial charge in [-0.15, -0.1) is 0 Å². The van der Waals surface area contributed by atoms with Crippen molar-refractivity contribution < 1.29 is 14.3 Å². The van der Waals surface area contributed by atoms with Crippen LogP contribution in [0.15, 0.2) is 42.6 Å². The zero-order valence-corrected chi connectivity index (χ0v) is 20.6. The minimum Gasteiger partial charge on any atom is -0.496 e. The number of methoxy groups -OCH3 is 1. The maximum absolute atomic E-state index is 12.4. The maximum atomic E-state index is 12.4. The van der Waals surface area contributed by atoms with Crippen molar-refractivity contribution in [1.82, 2.24) is 9.55 Å². The minimum absolute atomic E-state index is 0.150. The Hall–Kier alpha value is -3.15. The summed E-state index contributed by atoms with van der Waals surface area (Å²) in [5.41, 5.74) is 2.70. The number of ether oxygens (including phenoxy) is 2. The van der Waals surface area contributed by atoms with E-state index in [1.165, 1.54) is 0 Å². The van der Waals surface area contributed by atoms with Crippen LogP contribution >= 0.6 is 0 Å². The van der Waals surface area contributed by atoms with Gasteiger partial charge in [-0.05, 0) is 30.7 Å². The monoisotopic (exact) mass is 462 g/mol. The lowest BCUT2D eigenvalue weighted by Crippen LogP contribution is -2.22. The molecule has 33 heavy (non-hydrogen) atoms. The van der Waals surface area contributed by atoms with Gasteiger partial charge in [0.2, 0.25) is 5.91 Å². The highest BCUT2D eigenvalue weighted by atomic mass is 28.3. The molecule has 1 N–H and O–H groups in total. The Morgan fingerprint density at radius 3 is 2.73 bits per heavy atom. The first-order valence-electron chi connectivity index (χ1n) is 11.2. The van der Waals surface area contributed by atoms with Crippen LogP contribution in [-0.2, 0) is 16.3 Å². The summed E-state index contributed by atoms with van der Waals surface area (Å²) in [5.74, 6) is 0.680. The molecule has 1 aliphatic carbocycles. The molecule has 4 rings (SSSR count). The van der Waals surface area contributed by atoms with Gasteiger partial charge in [-0.2, -0.15) is 5.26 Å². The quantitative estimate of drug-likeness (QED) is 0.352. The van der Waals surface area contributed by atoms with E-state index in [0.29, 0.717) is 25.6 Å². The lowest BCUT2D eigenvalue weighted by Gasteiger charge is -2.15. The Balaban J connectivity index is 1.65. The highest BCUT2D eigenvalue weighted by Crippen LogP contribution is 2.39. The molecule has 0 spiro atoms. The molecule has 1 aliphatic rings. The second kappa shape index (κ2) is 9.38. The average Bonchev–Trinajstić information content (AvgIpc) is 3.51. The molecule has 1 amide bonds. The first-order chi connectivity index (χ1) is 15.8. The summed E-state index contributed by atoms with van der Waals surface area (Å²) in [6, 6.07) is 14.9. The molecule has 0 unspecified atom stereocenters. The number of nitriles is 1. The Labute approximate surface area is 195 Å². The van der Waals surface area contributed by atoms with Crippen LogP contribution < -0.4 is 10.1 Å². The number of pyridine rings is 1. The van der Waals surface area contributed by atoms with Crippen LogP contribution in [0.3, 0.4) is 0 Å². The highest BCUT2D eigenvalue weighted by molar-refractivity contribution is 6.76. The van der Waals surface area contributed by atoms with Crippen LogP contribution in [0.4, 0.5) is 5.82 Å². The van der Waals surface area contributed by atoms with Crippen LogP contribution in [0.1, 0.15) is 6.42 Å². The summed E-state index contributed by atoms with van der Waals surface area (Å²) in [7, 11) is 0.476. The summed E-state index contributed by atoms with van der Waals surface area (Å²) in [6.07, 6.45) is 2.64. The molecule has 0 saturated heterocycles. The largest absolute Gasteiger partial charge is 0.496 e. The van der Waals surface area contributed by atoms with E-state index >= 15 is 0 Å². The lowest BCUT2D eigenvalue weighted by atomic mass is 10.0. The number of fused-ring (bicyclic) bond motifs is 1. The molecule has 2 aromatic heterocycles. The number of hydrogen-bond donors (Lipinski definition) is 1. The molecule has 2 atom stereocenters. The van der Waals surface area contributed by atoms with Crippen molar-refractivity contribution in [2.45, 2.75) is 38.8 Å². The number of amides is 1. The molecule has 0 aliphatic heterocycles. The second-order valence-corrected chi connectivity index (χ2v) is 15.3. The third-order valence-electron chi connectivity index (χ3n) is 5.89. The molecule has 0 radical (unpaired) electrons. The SMILES string of the molecule is COc1ccccc1-c1cn(COCC[Si](C)(C)C)c2nc(NC(=O)[C@@H]3C[C@@H]3C#N)ccc12. The third-order valence-corrected chi connectivity index (χ3v) is 7.59. The van der Waals surface area contributed by atoms with E-state index in [9.17, 15) is 4.79 Å². The van der Waals surface area contributed by atoms with Crippen molar-refractivity contribution in [3.63, 3.8) is 0 Å². The number of aromatic nitrogens is 2. The van der Waals surface area contributed by atoms with E-state index in [1.54, 1.807) is 13.2 Å². The topological polar surface area (TPSA) is 89.2 Å². The molecule has 172 valence electrons. The average molecular weight is 463 g/mol. The van der Waals surface area contributed by atoms with Gasteiger partial charge in [0.25, 0.3) is 0 Å². The van der Waals surface area contributed by atoms with Crippen LogP contribution in [0.25, 0.3) is 22.2 Å². The van der Waals surface area contributed by atoms with E-state index in [2.05, 4.69) is 31.0 Å². The first-order valence-corrected chi connectivity index (χ1v) is 14.9. The highest BCUT2D eigenvalue weighted by Gasteiger charge is 2.43. The second-order valence-electron chi connectivity index (χ2n) is 9.70. The molecule has 8 heteroatoms. The normalized spacial score (nSPS) is 17.5. The molecule has 1 saturated carbocycles. The molecular weight excluding hydrogens is 432 g/mol. The van der Waals surface area contributed by atoms with E-state index in [0.717, 1.165) is 34.0 Å². The van der Waals surface area contributed by atoms with Gasteiger partial charge in [-0.25, -0.2) is 4.98 Å². The number of anilines is 1. The Morgan fingerprint density at radius 2 is 2.03 bits per heavy atom. The predicted molar refractivity (Wildman–Crippen MR) is 132 cm³/mol. The summed E-state index contributed by atoms with van der Waals surface area (Å²) >= 11 is 0. The fourth-order valence-corrected chi connectivity index (χ4v) is 4.56. The van der Waals surface area contributed by atoms with Crippen molar-refractivity contribution in [3.05, 3.63) is 42.6 Å². The number of para-hydroxylation sites is 1. The Kier molecular flexibility index (Phi) is 6.54. The van der Waals surface area contributed by atoms with Crippen molar-refractivity contribution in [3.8, 4) is 22.9 Å². The van der Waals surface area contributed by atoms with Crippen LogP contribution in [0, 0.1) is 23.2 Å². The number of nitrogens with one attached hydrogen (secondary N) is 1. The van der Waals surface area contributed by atoms with Gasteiger partial charge in [0, 0.05) is 37.4 Å². The predicted octanol–water partition coefficient (Wildman–Crippen LogP) is 5.12. The molecule has 3 aromatic rings. The summed E-state index contributed by atoms with van der Waals surface area (Å²) in [5, 5.41) is 12.8. The molecule has 1 fully saturated rings. The minimum atomic E-state index is -1.19. The van der Waals surface area contributed by atoms with E-state index in [4.69, 9.17) is 19.7 Å². The van der Waals surface area contributed by atoms with Gasteiger partial charge in [-0.3, -0.25) is 4.79 Å². The van der Waals surface area contributed by atoms with Crippen molar-refractivity contribution in [2.75, 3.05) is 19.0 Å². The maximum Gasteiger partial charge on any atom is 0.230 e. The molecule has 1 aromatic carbocycles. The van der Waals surface area contributed by atoms with Crippen LogP contribution in [0.5, 0.6) is 5.75 Å². The molecular formula is C25H30N4O3Si. The lowest BCUT2D eigenvalue weighted by molar-refractivity contribution is -0.117. The zero-order chi connectivity index (χ0) is 23.6. The fourth-order valence-electron chi connectivity index (χ4n) is 3.80. The summed E-state index contributed by atoms with van der Waals surface area (Å²) in [4.78, 5) is 17.2. The van der Waals surface area contributed by atoms with Gasteiger partial charge < -0.3 is 19.4 Å². The third kappa shape index (κ3) is 5.26. The Morgan fingerprint density at radius 1 is 1.24 bits per heavy atom. The van der Waals surface area contributed by atoms with Gasteiger partial charge in [0.15, 0.2) is 0 Å². The van der Waals surface area contributed by atoms with E-state index in [-0.39, 0.29) is 17.7 Å². The fraction of sp³-hybridized carbons (Fsp3) is 0.400. The van der Waals surface area contributed by atoms with Crippen molar-refractivity contribution in [2.24, 2.45) is 11.8 Å². The smallest absolute Gasteiger partial charge is 0.230 e. The number of hydrogen-bond acceptors (Lipinski definition) is 5. The van der Waals surface area contributed by atoms with Crippen LogP contribution in [-0.4, -0.2) is 37.2 Å². The van der Waals surface area contributed by atoms with Crippen molar-refractivity contribution >= 4 is 30.8 Å². The van der Waals surface area contributed by atoms with Gasteiger partial charge in [-0.1, -0.05) is 37.8 Å². The number of carbonyl (C=O) groups excluding carboxylic acids is 1. The Bertz CT molecular complexity index is 1210. The number of nitrogens with zero attached hydrogens (tertiary/aromatic N) is 3. The summed E-state index contributed by atoms with van der Waals surface area (Å²) in [6.45, 7) is 8.06. The molecule has 2 heterocycles.